The van der Waals surface area contributed by atoms with E-state index >= 15 is 0 Å². The van der Waals surface area contributed by atoms with Crippen molar-refractivity contribution in [3.8, 4) is 17.3 Å². The number of nitrogens with zero attached hydrogens (tertiary/aromatic N) is 4. The van der Waals surface area contributed by atoms with Gasteiger partial charge in [0.15, 0.2) is 11.6 Å². The Morgan fingerprint density at radius 3 is 2.66 bits per heavy atom. The van der Waals surface area contributed by atoms with Gasteiger partial charge in [0, 0.05) is 17.7 Å². The smallest absolute Gasteiger partial charge is 0.403 e. The Kier molecular flexibility index (Phi) is 6.44. The molecule has 0 bridgehead atoms. The molecule has 1 fully saturated rings. The summed E-state index contributed by atoms with van der Waals surface area (Å²) in [6.07, 6.45) is -3.11. The standard InChI is InChI=1S/C21H17F5N4O4S/c1-20(21(24,25)26)8-12(11-3-4-13(22)15(23)16(11)33-2)17(35-20)19(31)30(32)10-5-6-27-14(7-10)18-28-9-34-29-18/h3-7,9,12,17,32H,8H2,1-2H3/t12-,17+,20+/m0/s1. The number of hydrogen-bond acceptors (Lipinski definition) is 8. The van der Waals surface area contributed by atoms with Crippen molar-refractivity contribution in [2.75, 3.05) is 12.2 Å². The van der Waals surface area contributed by atoms with Crippen LogP contribution in [-0.2, 0) is 4.79 Å². The summed E-state index contributed by atoms with van der Waals surface area (Å²) in [6.45, 7) is 0.910. The Hall–Kier alpha value is -3.26. The highest BCUT2D eigenvalue weighted by atomic mass is 32.2. The zero-order valence-corrected chi connectivity index (χ0v) is 18.9. The highest BCUT2D eigenvalue weighted by Crippen LogP contribution is 2.59. The number of methoxy groups -OCH3 is 1. The number of ether oxygens (including phenoxy) is 1. The van der Waals surface area contributed by atoms with Gasteiger partial charge >= 0.3 is 6.18 Å². The first kappa shape index (κ1) is 24.9. The second-order valence-electron chi connectivity index (χ2n) is 7.87. The van der Waals surface area contributed by atoms with E-state index in [0.29, 0.717) is 0 Å². The number of hydroxylamine groups is 1. The van der Waals surface area contributed by atoms with Crippen LogP contribution in [0.5, 0.6) is 5.75 Å². The fourth-order valence-corrected chi connectivity index (χ4v) is 5.44. The van der Waals surface area contributed by atoms with Crippen molar-refractivity contribution in [3.05, 3.63) is 54.1 Å². The fraction of sp³-hybridized carbons (Fsp3) is 0.333. The van der Waals surface area contributed by atoms with Gasteiger partial charge in [0.25, 0.3) is 5.91 Å². The molecular formula is C21H17F5N4O4S. The van der Waals surface area contributed by atoms with E-state index in [1.165, 1.54) is 18.3 Å². The van der Waals surface area contributed by atoms with E-state index < -0.39 is 51.8 Å². The summed E-state index contributed by atoms with van der Waals surface area (Å²) in [5.41, 5.74) is -0.121. The molecule has 0 aliphatic carbocycles. The summed E-state index contributed by atoms with van der Waals surface area (Å²) < 4.78 is 77.1. The second-order valence-corrected chi connectivity index (χ2v) is 9.51. The number of benzene rings is 1. The van der Waals surface area contributed by atoms with Gasteiger partial charge in [0.2, 0.25) is 18.0 Å². The minimum Gasteiger partial charge on any atom is -0.493 e. The zero-order chi connectivity index (χ0) is 25.5. The molecule has 1 aliphatic rings. The molecule has 1 N–H and O–H groups in total. The van der Waals surface area contributed by atoms with Crippen molar-refractivity contribution < 1.29 is 41.2 Å². The number of alkyl halides is 3. The van der Waals surface area contributed by atoms with Crippen LogP contribution in [0, 0.1) is 11.6 Å². The van der Waals surface area contributed by atoms with Crippen LogP contribution in [0.3, 0.4) is 0 Å². The van der Waals surface area contributed by atoms with Gasteiger partial charge in [0.1, 0.15) is 10.4 Å². The minimum absolute atomic E-state index is 0.0528. The molecule has 35 heavy (non-hydrogen) atoms. The molecule has 0 spiro atoms. The Morgan fingerprint density at radius 1 is 1.29 bits per heavy atom. The van der Waals surface area contributed by atoms with Crippen molar-refractivity contribution in [1.82, 2.24) is 15.1 Å². The SMILES string of the molecule is COc1c([C@@H]2C[C@](C)(C(F)(F)F)S[C@H]2C(=O)N(O)c2ccnc(-c3ncon3)c2)ccc(F)c1F. The Bertz CT molecular complexity index is 1240. The molecule has 3 aromatic rings. The van der Waals surface area contributed by atoms with Crippen LogP contribution in [0.2, 0.25) is 0 Å². The minimum atomic E-state index is -4.74. The third-order valence-corrected chi connectivity index (χ3v) is 7.38. The molecule has 3 atom stereocenters. The van der Waals surface area contributed by atoms with Gasteiger partial charge in [-0.05, 0) is 31.5 Å². The molecule has 1 saturated heterocycles. The average molecular weight is 516 g/mol. The van der Waals surface area contributed by atoms with E-state index in [4.69, 9.17) is 4.74 Å². The first-order valence-electron chi connectivity index (χ1n) is 9.99. The maximum Gasteiger partial charge on any atom is 0.403 e. The van der Waals surface area contributed by atoms with Crippen molar-refractivity contribution in [3.63, 3.8) is 0 Å². The number of amides is 1. The van der Waals surface area contributed by atoms with E-state index in [2.05, 4.69) is 19.6 Å². The van der Waals surface area contributed by atoms with Crippen LogP contribution in [0.4, 0.5) is 27.6 Å². The number of carbonyl (C=O) groups is 1. The van der Waals surface area contributed by atoms with Crippen molar-refractivity contribution in [2.45, 2.75) is 35.4 Å². The molecule has 1 aliphatic heterocycles. The summed E-state index contributed by atoms with van der Waals surface area (Å²) in [4.78, 5) is 21.1. The molecule has 0 unspecified atom stereocenters. The number of hydrogen-bond donors (Lipinski definition) is 1. The topological polar surface area (TPSA) is 102 Å². The number of carbonyl (C=O) groups excluding carboxylic acids is 1. The number of aromatic nitrogens is 3. The number of halogens is 5. The van der Waals surface area contributed by atoms with E-state index in [1.807, 2.05) is 0 Å². The number of thioether (sulfide) groups is 1. The molecule has 2 aromatic heterocycles. The molecule has 1 amide bonds. The van der Waals surface area contributed by atoms with Gasteiger partial charge in [-0.2, -0.15) is 27.6 Å². The third-order valence-electron chi connectivity index (χ3n) is 5.68. The Balaban J connectivity index is 1.74. The number of anilines is 1. The molecule has 3 heterocycles. The summed E-state index contributed by atoms with van der Waals surface area (Å²) >= 11 is 0.282. The highest BCUT2D eigenvalue weighted by molar-refractivity contribution is 8.02. The van der Waals surface area contributed by atoms with Gasteiger partial charge < -0.3 is 9.26 Å². The fourth-order valence-electron chi connectivity index (χ4n) is 3.87. The summed E-state index contributed by atoms with van der Waals surface area (Å²) in [6, 6.07) is 4.31. The highest BCUT2D eigenvalue weighted by Gasteiger charge is 2.61. The zero-order valence-electron chi connectivity index (χ0n) is 18.1. The lowest BCUT2D eigenvalue weighted by Crippen LogP contribution is -2.38. The normalized spacial score (nSPS) is 22.3. The summed E-state index contributed by atoms with van der Waals surface area (Å²) in [5, 5.41) is 12.9. The molecule has 14 heteroatoms. The third kappa shape index (κ3) is 4.43. The van der Waals surface area contributed by atoms with E-state index in [0.717, 1.165) is 32.6 Å². The van der Waals surface area contributed by atoms with Crippen molar-refractivity contribution in [2.24, 2.45) is 0 Å². The molecule has 1 aromatic carbocycles. The lowest BCUT2D eigenvalue weighted by molar-refractivity contribution is -0.155. The van der Waals surface area contributed by atoms with E-state index in [1.54, 1.807) is 0 Å². The Labute approximate surface area is 199 Å². The maximum atomic E-state index is 14.4. The van der Waals surface area contributed by atoms with Gasteiger partial charge in [0.05, 0.1) is 18.0 Å². The molecule has 0 radical (unpaired) electrons. The van der Waals surface area contributed by atoms with Crippen molar-refractivity contribution >= 4 is 23.4 Å². The Morgan fingerprint density at radius 2 is 2.03 bits per heavy atom. The van der Waals surface area contributed by atoms with Crippen LogP contribution in [0.25, 0.3) is 11.5 Å². The van der Waals surface area contributed by atoms with Crippen LogP contribution in [0.15, 0.2) is 41.4 Å². The van der Waals surface area contributed by atoms with Crippen LogP contribution < -0.4 is 9.80 Å². The molecular weight excluding hydrogens is 499 g/mol. The van der Waals surface area contributed by atoms with Gasteiger partial charge in [-0.3, -0.25) is 15.0 Å². The molecule has 0 saturated carbocycles. The first-order valence-corrected chi connectivity index (χ1v) is 10.9. The van der Waals surface area contributed by atoms with E-state index in [9.17, 15) is 32.0 Å². The summed E-state index contributed by atoms with van der Waals surface area (Å²) in [7, 11) is 1.04. The van der Waals surface area contributed by atoms with Gasteiger partial charge in [-0.15, -0.1) is 11.8 Å². The van der Waals surface area contributed by atoms with Crippen LogP contribution in [-0.4, -0.2) is 49.5 Å². The van der Waals surface area contributed by atoms with Gasteiger partial charge in [-0.25, -0.2) is 4.39 Å². The van der Waals surface area contributed by atoms with Crippen LogP contribution >= 0.6 is 11.8 Å². The lowest BCUT2D eigenvalue weighted by Gasteiger charge is -2.26. The lowest BCUT2D eigenvalue weighted by atomic mass is 9.85. The summed E-state index contributed by atoms with van der Waals surface area (Å²) in [5.74, 6) is -5.57. The number of pyridine rings is 1. The van der Waals surface area contributed by atoms with Crippen LogP contribution in [0.1, 0.15) is 24.8 Å². The predicted octanol–water partition coefficient (Wildman–Crippen LogP) is 4.75. The first-order chi connectivity index (χ1) is 16.5. The molecule has 4 rings (SSSR count). The second kappa shape index (κ2) is 9.07. The predicted molar refractivity (Wildman–Crippen MR) is 113 cm³/mol. The van der Waals surface area contributed by atoms with Gasteiger partial charge in [-0.1, -0.05) is 11.2 Å². The molecule has 186 valence electrons. The van der Waals surface area contributed by atoms with Crippen molar-refractivity contribution in [1.29, 1.82) is 0 Å². The largest absolute Gasteiger partial charge is 0.493 e. The van der Waals surface area contributed by atoms with E-state index in [-0.39, 0.29) is 39.6 Å². The monoisotopic (exact) mass is 516 g/mol. The quantitative estimate of drug-likeness (QED) is 0.295. The molecule has 8 nitrogen and oxygen atoms in total. The number of rotatable bonds is 5. The average Bonchev–Trinajstić information content (AvgIpc) is 3.48. The maximum absolute atomic E-state index is 14.4.